The molecule has 148 valence electrons. The van der Waals surface area contributed by atoms with E-state index in [9.17, 15) is 9.90 Å². The molecule has 1 atom stereocenters. The Morgan fingerprint density at radius 3 is 2.24 bits per heavy atom. The van der Waals surface area contributed by atoms with Crippen molar-refractivity contribution in [1.29, 1.82) is 0 Å². The number of hydrogen-bond donors (Lipinski definition) is 2. The summed E-state index contributed by atoms with van der Waals surface area (Å²) in [5.74, 6) is 0.788. The second-order valence-corrected chi connectivity index (χ2v) is 7.36. The molecular weight excluding hydrogens is 362 g/mol. The van der Waals surface area contributed by atoms with E-state index in [1.165, 1.54) is 0 Å². The van der Waals surface area contributed by atoms with Crippen LogP contribution in [0.5, 0.6) is 5.75 Å². The number of aliphatic hydroxyl groups excluding tert-OH is 1. The summed E-state index contributed by atoms with van der Waals surface area (Å²) < 4.78 is 5.51. The molecule has 3 aromatic rings. The fraction of sp³-hybridized carbons (Fsp3) is 0.240. The molecule has 3 aromatic carbocycles. The Kier molecular flexibility index (Phi) is 5.92. The summed E-state index contributed by atoms with van der Waals surface area (Å²) >= 11 is 0. The highest BCUT2D eigenvalue weighted by Crippen LogP contribution is 2.29. The fourth-order valence-corrected chi connectivity index (χ4v) is 3.80. The maximum absolute atomic E-state index is 12.7. The Morgan fingerprint density at radius 1 is 0.931 bits per heavy atom. The molecule has 1 aliphatic rings. The van der Waals surface area contributed by atoms with Crippen LogP contribution < -0.4 is 10.1 Å². The van der Waals surface area contributed by atoms with Gasteiger partial charge in [0.1, 0.15) is 5.75 Å². The van der Waals surface area contributed by atoms with Crippen molar-refractivity contribution in [3.05, 3.63) is 101 Å². The Morgan fingerprint density at radius 2 is 1.59 bits per heavy atom. The molecule has 0 fully saturated rings. The Hall–Kier alpha value is -3.11. The maximum Gasteiger partial charge on any atom is 0.221 e. The van der Waals surface area contributed by atoms with Gasteiger partial charge in [0.25, 0.3) is 0 Å². The van der Waals surface area contributed by atoms with Crippen molar-refractivity contribution in [3.63, 3.8) is 0 Å². The minimum Gasteiger partial charge on any atom is -0.493 e. The first-order chi connectivity index (χ1) is 14.2. The number of rotatable bonds is 7. The van der Waals surface area contributed by atoms with Gasteiger partial charge in [-0.15, -0.1) is 0 Å². The first kappa shape index (κ1) is 19.2. The summed E-state index contributed by atoms with van der Waals surface area (Å²) in [6.07, 6.45) is 0.452. The van der Waals surface area contributed by atoms with E-state index in [0.717, 1.165) is 34.4 Å². The predicted octanol–water partition coefficient (Wildman–Crippen LogP) is 3.99. The van der Waals surface area contributed by atoms with Crippen LogP contribution in [0.4, 0.5) is 0 Å². The lowest BCUT2D eigenvalue weighted by Crippen LogP contribution is -2.29. The number of fused-ring (bicyclic) bond motifs is 1. The van der Waals surface area contributed by atoms with Gasteiger partial charge < -0.3 is 15.2 Å². The summed E-state index contributed by atoms with van der Waals surface area (Å²) in [7, 11) is 0. The van der Waals surface area contributed by atoms with Gasteiger partial charge in [-0.2, -0.15) is 0 Å². The van der Waals surface area contributed by atoms with Crippen molar-refractivity contribution in [1.82, 2.24) is 5.32 Å². The van der Waals surface area contributed by atoms with Gasteiger partial charge in [-0.05, 0) is 34.4 Å². The molecule has 29 heavy (non-hydrogen) atoms. The average Bonchev–Trinajstić information content (AvgIpc) is 3.25. The quantitative estimate of drug-likeness (QED) is 0.644. The molecule has 0 bridgehead atoms. The Balaban J connectivity index is 1.40. The van der Waals surface area contributed by atoms with E-state index in [1.54, 1.807) is 0 Å². The smallest absolute Gasteiger partial charge is 0.221 e. The minimum absolute atomic E-state index is 0.0216. The molecular formula is C25H25NO3. The van der Waals surface area contributed by atoms with Gasteiger partial charge in [0.2, 0.25) is 5.91 Å². The summed E-state index contributed by atoms with van der Waals surface area (Å²) in [4.78, 5) is 12.7. The maximum atomic E-state index is 12.7. The van der Waals surface area contributed by atoms with Crippen LogP contribution in [-0.2, 0) is 11.2 Å². The van der Waals surface area contributed by atoms with E-state index in [-0.39, 0.29) is 18.4 Å². The number of carbonyl (C=O) groups excluding carboxylic acids is 1. The minimum atomic E-state index is -0.739. The highest BCUT2D eigenvalue weighted by atomic mass is 16.5. The summed E-state index contributed by atoms with van der Waals surface area (Å²) in [6.45, 7) is 0.876. The first-order valence-electron chi connectivity index (χ1n) is 10.0. The number of amides is 1. The number of aliphatic hydroxyl groups is 1. The lowest BCUT2D eigenvalue weighted by molar-refractivity contribution is -0.121. The molecule has 4 heteroatoms. The topological polar surface area (TPSA) is 58.6 Å². The van der Waals surface area contributed by atoms with E-state index in [1.807, 2.05) is 78.9 Å². The highest BCUT2D eigenvalue weighted by molar-refractivity contribution is 5.77. The van der Waals surface area contributed by atoms with Crippen LogP contribution in [0.3, 0.4) is 0 Å². The van der Waals surface area contributed by atoms with Gasteiger partial charge in [-0.1, -0.05) is 66.7 Å². The largest absolute Gasteiger partial charge is 0.493 e. The zero-order chi connectivity index (χ0) is 20.1. The third-order valence-corrected chi connectivity index (χ3v) is 5.38. The second-order valence-electron chi connectivity index (χ2n) is 7.36. The molecule has 0 saturated heterocycles. The molecule has 4 rings (SSSR count). The molecule has 0 spiro atoms. The van der Waals surface area contributed by atoms with Crippen LogP contribution in [0.1, 0.15) is 40.7 Å². The van der Waals surface area contributed by atoms with Crippen LogP contribution in [-0.4, -0.2) is 24.2 Å². The molecule has 1 heterocycles. The van der Waals surface area contributed by atoms with Crippen LogP contribution in [0, 0.1) is 0 Å². The van der Waals surface area contributed by atoms with Gasteiger partial charge in [0.15, 0.2) is 0 Å². The fourth-order valence-electron chi connectivity index (χ4n) is 3.80. The average molecular weight is 387 g/mol. The zero-order valence-electron chi connectivity index (χ0n) is 16.3. The molecule has 0 aliphatic carbocycles. The monoisotopic (exact) mass is 387 g/mol. The van der Waals surface area contributed by atoms with Gasteiger partial charge >= 0.3 is 0 Å². The van der Waals surface area contributed by atoms with Crippen molar-refractivity contribution < 1.29 is 14.6 Å². The van der Waals surface area contributed by atoms with Crippen LogP contribution in [0.25, 0.3) is 0 Å². The van der Waals surface area contributed by atoms with E-state index >= 15 is 0 Å². The Labute approximate surface area is 171 Å². The lowest BCUT2D eigenvalue weighted by atomic mass is 9.88. The van der Waals surface area contributed by atoms with Crippen LogP contribution in [0.15, 0.2) is 78.9 Å². The zero-order valence-corrected chi connectivity index (χ0v) is 16.3. The van der Waals surface area contributed by atoms with Gasteiger partial charge in [-0.25, -0.2) is 0 Å². The van der Waals surface area contributed by atoms with Crippen molar-refractivity contribution in [2.24, 2.45) is 0 Å². The molecule has 4 nitrogen and oxygen atoms in total. The molecule has 0 radical (unpaired) electrons. The lowest BCUT2D eigenvalue weighted by Gasteiger charge is -2.19. The van der Waals surface area contributed by atoms with Crippen molar-refractivity contribution in [2.75, 3.05) is 13.2 Å². The van der Waals surface area contributed by atoms with Crippen LogP contribution >= 0.6 is 0 Å². The standard InChI is InChI=1S/C25H25NO3/c27-23(20-11-12-24-21(15-20)13-14-29-24)17-26-25(28)16-22(18-7-3-1-4-8-18)19-9-5-2-6-10-19/h1-12,15,22-23,27H,13-14,16-17H2,(H,26,28). The molecule has 2 N–H and O–H groups in total. The summed E-state index contributed by atoms with van der Waals surface area (Å²) in [6, 6.07) is 25.8. The molecule has 0 saturated carbocycles. The molecule has 0 aromatic heterocycles. The third kappa shape index (κ3) is 4.66. The predicted molar refractivity (Wildman–Crippen MR) is 113 cm³/mol. The summed E-state index contributed by atoms with van der Waals surface area (Å²) in [5.41, 5.74) is 4.12. The third-order valence-electron chi connectivity index (χ3n) is 5.38. The normalized spacial score (nSPS) is 13.6. The van der Waals surface area contributed by atoms with E-state index in [2.05, 4.69) is 5.32 Å². The van der Waals surface area contributed by atoms with E-state index in [0.29, 0.717) is 13.0 Å². The van der Waals surface area contributed by atoms with Crippen molar-refractivity contribution >= 4 is 5.91 Å². The number of carbonyl (C=O) groups is 1. The molecule has 1 amide bonds. The van der Waals surface area contributed by atoms with E-state index < -0.39 is 6.10 Å². The molecule has 1 unspecified atom stereocenters. The number of benzene rings is 3. The number of hydrogen-bond acceptors (Lipinski definition) is 3. The second kappa shape index (κ2) is 8.93. The van der Waals surface area contributed by atoms with Crippen molar-refractivity contribution in [3.8, 4) is 5.75 Å². The van der Waals surface area contributed by atoms with Gasteiger partial charge in [-0.3, -0.25) is 4.79 Å². The van der Waals surface area contributed by atoms with Crippen molar-refractivity contribution in [2.45, 2.75) is 24.9 Å². The van der Waals surface area contributed by atoms with E-state index in [4.69, 9.17) is 4.74 Å². The number of nitrogens with one attached hydrogen (secondary N) is 1. The molecule has 1 aliphatic heterocycles. The van der Waals surface area contributed by atoms with Crippen LogP contribution in [0.2, 0.25) is 0 Å². The highest BCUT2D eigenvalue weighted by Gasteiger charge is 2.20. The first-order valence-corrected chi connectivity index (χ1v) is 10.0. The Bertz CT molecular complexity index is 917. The van der Waals surface area contributed by atoms with Gasteiger partial charge in [0.05, 0.1) is 12.7 Å². The summed E-state index contributed by atoms with van der Waals surface area (Å²) in [5, 5.41) is 13.4. The SMILES string of the molecule is O=C(CC(c1ccccc1)c1ccccc1)NCC(O)c1ccc2c(c1)CCO2. The number of ether oxygens (including phenoxy) is 1. The van der Waals surface area contributed by atoms with Gasteiger partial charge in [0, 0.05) is 25.3 Å².